The van der Waals surface area contributed by atoms with Gasteiger partial charge >= 0.3 is 0 Å². The second kappa shape index (κ2) is 7.98. The average molecular weight is 282 g/mol. The lowest BCUT2D eigenvalue weighted by Gasteiger charge is -2.26. The fourth-order valence-electron chi connectivity index (χ4n) is 2.47. The topological polar surface area (TPSA) is 24.4 Å². The Morgan fingerprint density at radius 2 is 1.85 bits per heavy atom. The molecule has 112 valence electrons. The summed E-state index contributed by atoms with van der Waals surface area (Å²) < 4.78 is 26.1. The van der Waals surface area contributed by atoms with Gasteiger partial charge in [0.2, 0.25) is 0 Å². The van der Waals surface area contributed by atoms with Crippen molar-refractivity contribution in [2.24, 2.45) is 4.99 Å². The molecule has 0 aromatic heterocycles. The molecule has 20 heavy (non-hydrogen) atoms. The molecule has 0 heterocycles. The quantitative estimate of drug-likeness (QED) is 0.571. The molecule has 1 aliphatic carbocycles. The Hall–Kier alpha value is -1.45. The standard InChI is InChI=1S/C16H24F2N2/c1-11(2)10-14(15(19-4)16(17)18)12(3)20-13-8-6-5-7-9-13/h10,13,16,20H,1,3,5-9H2,2,4H3/b14-10-,19-15?. The van der Waals surface area contributed by atoms with Gasteiger partial charge in [0.05, 0.1) is 0 Å². The molecule has 0 radical (unpaired) electrons. The van der Waals surface area contributed by atoms with E-state index in [-0.39, 0.29) is 5.71 Å². The van der Waals surface area contributed by atoms with E-state index in [0.717, 1.165) is 12.8 Å². The molecular formula is C16H24F2N2. The van der Waals surface area contributed by atoms with Crippen molar-refractivity contribution >= 4 is 5.71 Å². The molecule has 1 rings (SSSR count). The molecule has 1 fully saturated rings. The summed E-state index contributed by atoms with van der Waals surface area (Å²) in [7, 11) is 1.38. The number of nitrogens with one attached hydrogen (secondary N) is 1. The summed E-state index contributed by atoms with van der Waals surface area (Å²) in [6, 6.07) is 0.320. The zero-order valence-corrected chi connectivity index (χ0v) is 12.4. The van der Waals surface area contributed by atoms with Crippen molar-refractivity contribution in [3.63, 3.8) is 0 Å². The number of aliphatic imine (C=N–C) groups is 1. The van der Waals surface area contributed by atoms with Crippen molar-refractivity contribution in [1.29, 1.82) is 0 Å². The van der Waals surface area contributed by atoms with Crippen LogP contribution < -0.4 is 5.32 Å². The van der Waals surface area contributed by atoms with Crippen LogP contribution in [0, 0.1) is 0 Å². The Labute approximate surface area is 120 Å². The molecule has 0 aliphatic heterocycles. The van der Waals surface area contributed by atoms with Gasteiger partial charge in [-0.05, 0) is 25.8 Å². The maximum Gasteiger partial charge on any atom is 0.280 e. The zero-order chi connectivity index (χ0) is 15.1. The SMILES string of the molecule is C=C(C)/C=C(/C(=C)NC1CCCCC1)C(=NC)C(F)F. The average Bonchev–Trinajstić information content (AvgIpc) is 2.38. The predicted octanol–water partition coefficient (Wildman–Crippen LogP) is 4.26. The molecule has 0 aromatic rings. The van der Waals surface area contributed by atoms with Crippen molar-refractivity contribution in [3.8, 4) is 0 Å². The highest BCUT2D eigenvalue weighted by Crippen LogP contribution is 2.21. The number of nitrogens with zero attached hydrogens (tertiary/aromatic N) is 1. The molecule has 0 aromatic carbocycles. The van der Waals surface area contributed by atoms with Crippen molar-refractivity contribution < 1.29 is 8.78 Å². The van der Waals surface area contributed by atoms with Crippen LogP contribution in [0.15, 0.2) is 41.1 Å². The maximum absolute atomic E-state index is 13.1. The molecule has 1 aliphatic rings. The third-order valence-corrected chi connectivity index (χ3v) is 3.42. The van der Waals surface area contributed by atoms with E-state index in [2.05, 4.69) is 23.5 Å². The highest BCUT2D eigenvalue weighted by Gasteiger charge is 2.22. The van der Waals surface area contributed by atoms with Crippen LogP contribution in [0.1, 0.15) is 39.0 Å². The Kier molecular flexibility index (Phi) is 6.62. The van der Waals surface area contributed by atoms with E-state index in [4.69, 9.17) is 0 Å². The van der Waals surface area contributed by atoms with E-state index in [0.29, 0.717) is 22.9 Å². The molecule has 1 N–H and O–H groups in total. The largest absolute Gasteiger partial charge is 0.382 e. The third-order valence-electron chi connectivity index (χ3n) is 3.42. The lowest BCUT2D eigenvalue weighted by atomic mass is 9.94. The minimum atomic E-state index is -2.62. The lowest BCUT2D eigenvalue weighted by molar-refractivity contribution is 0.226. The molecule has 0 saturated heterocycles. The third kappa shape index (κ3) is 4.91. The van der Waals surface area contributed by atoms with E-state index < -0.39 is 6.43 Å². The van der Waals surface area contributed by atoms with Gasteiger partial charge in [-0.2, -0.15) is 0 Å². The Morgan fingerprint density at radius 1 is 1.25 bits per heavy atom. The molecule has 0 bridgehead atoms. The fourth-order valence-corrected chi connectivity index (χ4v) is 2.47. The maximum atomic E-state index is 13.1. The minimum absolute atomic E-state index is 0.235. The van der Waals surface area contributed by atoms with E-state index in [1.54, 1.807) is 13.0 Å². The van der Waals surface area contributed by atoms with Crippen molar-refractivity contribution in [3.05, 3.63) is 36.1 Å². The molecular weight excluding hydrogens is 258 g/mol. The van der Waals surface area contributed by atoms with E-state index >= 15 is 0 Å². The number of alkyl halides is 2. The van der Waals surface area contributed by atoms with Gasteiger partial charge in [-0.25, -0.2) is 8.78 Å². The van der Waals surface area contributed by atoms with Crippen LogP contribution in [-0.4, -0.2) is 25.2 Å². The van der Waals surface area contributed by atoms with E-state index in [1.165, 1.54) is 26.3 Å². The number of rotatable bonds is 6. The Morgan fingerprint density at radius 3 is 2.30 bits per heavy atom. The normalized spacial score (nSPS) is 18.2. The predicted molar refractivity (Wildman–Crippen MR) is 81.4 cm³/mol. The summed E-state index contributed by atoms with van der Waals surface area (Å²) >= 11 is 0. The van der Waals surface area contributed by atoms with E-state index in [1.807, 2.05) is 0 Å². The van der Waals surface area contributed by atoms with Crippen LogP contribution >= 0.6 is 0 Å². The summed E-state index contributed by atoms with van der Waals surface area (Å²) in [5, 5.41) is 3.28. The first kappa shape index (κ1) is 16.6. The zero-order valence-electron chi connectivity index (χ0n) is 12.4. The van der Waals surface area contributed by atoms with Crippen molar-refractivity contribution in [2.75, 3.05) is 7.05 Å². The molecule has 4 heteroatoms. The van der Waals surface area contributed by atoms with Gasteiger partial charge in [0, 0.05) is 24.4 Å². The monoisotopic (exact) mass is 282 g/mol. The van der Waals surface area contributed by atoms with Crippen LogP contribution in [0.25, 0.3) is 0 Å². The number of halogens is 2. The molecule has 0 amide bonds. The molecule has 2 nitrogen and oxygen atoms in total. The molecule has 1 saturated carbocycles. The van der Waals surface area contributed by atoms with Crippen molar-refractivity contribution in [1.82, 2.24) is 5.32 Å². The van der Waals surface area contributed by atoms with Gasteiger partial charge in [-0.1, -0.05) is 38.0 Å². The van der Waals surface area contributed by atoms with E-state index in [9.17, 15) is 8.78 Å². The van der Waals surface area contributed by atoms with Gasteiger partial charge in [-0.15, -0.1) is 0 Å². The first-order valence-corrected chi connectivity index (χ1v) is 7.04. The van der Waals surface area contributed by atoms with Crippen LogP contribution in [0.2, 0.25) is 0 Å². The molecule has 0 unspecified atom stereocenters. The van der Waals surface area contributed by atoms with Crippen LogP contribution in [0.3, 0.4) is 0 Å². The first-order chi connectivity index (χ1) is 9.45. The number of allylic oxidation sites excluding steroid dienone is 3. The van der Waals surface area contributed by atoms with Crippen LogP contribution in [0.5, 0.6) is 0 Å². The summed E-state index contributed by atoms with van der Waals surface area (Å²) in [6.45, 7) is 9.44. The Bertz CT molecular complexity index is 416. The van der Waals surface area contributed by atoms with Gasteiger partial charge in [0.1, 0.15) is 5.71 Å². The summed E-state index contributed by atoms with van der Waals surface area (Å²) in [5.41, 5.74) is 1.34. The highest BCUT2D eigenvalue weighted by atomic mass is 19.3. The molecule has 0 atom stereocenters. The van der Waals surface area contributed by atoms with Crippen LogP contribution in [0.4, 0.5) is 8.78 Å². The fraction of sp³-hybridized carbons (Fsp3) is 0.562. The van der Waals surface area contributed by atoms with Crippen LogP contribution in [-0.2, 0) is 0 Å². The minimum Gasteiger partial charge on any atom is -0.382 e. The smallest absolute Gasteiger partial charge is 0.280 e. The lowest BCUT2D eigenvalue weighted by Crippen LogP contribution is -2.32. The van der Waals surface area contributed by atoms with Gasteiger partial charge < -0.3 is 5.32 Å². The highest BCUT2D eigenvalue weighted by molar-refractivity contribution is 6.06. The van der Waals surface area contributed by atoms with Gasteiger partial charge in [-0.3, -0.25) is 4.99 Å². The molecule has 0 spiro atoms. The summed E-state index contributed by atoms with van der Waals surface area (Å²) in [5.74, 6) is 0. The second-order valence-electron chi connectivity index (χ2n) is 5.27. The Balaban J connectivity index is 2.87. The van der Waals surface area contributed by atoms with Gasteiger partial charge in [0.25, 0.3) is 6.43 Å². The first-order valence-electron chi connectivity index (χ1n) is 7.04. The second-order valence-corrected chi connectivity index (χ2v) is 5.27. The summed E-state index contributed by atoms with van der Waals surface area (Å²) in [4.78, 5) is 3.71. The van der Waals surface area contributed by atoms with Gasteiger partial charge in [0.15, 0.2) is 0 Å². The number of hydrogen-bond acceptors (Lipinski definition) is 2. The summed E-state index contributed by atoms with van der Waals surface area (Å²) in [6.07, 6.45) is 4.72. The van der Waals surface area contributed by atoms with Crippen molar-refractivity contribution in [2.45, 2.75) is 51.5 Å². The number of hydrogen-bond donors (Lipinski definition) is 1.